The van der Waals surface area contributed by atoms with E-state index in [2.05, 4.69) is 25.6 Å². The minimum Gasteiger partial charge on any atom is -0.352 e. The van der Waals surface area contributed by atoms with Crippen LogP contribution in [0.2, 0.25) is 0 Å². The summed E-state index contributed by atoms with van der Waals surface area (Å²) in [5, 5.41) is 5.82. The molecule has 0 aliphatic rings. The topological polar surface area (TPSA) is 102 Å². The predicted octanol–water partition coefficient (Wildman–Crippen LogP) is 2.88. The molecule has 2 aromatic carbocycles. The average Bonchev–Trinajstić information content (AvgIpc) is 3.11. The van der Waals surface area contributed by atoms with Gasteiger partial charge < -0.3 is 15.2 Å². The molecule has 0 radical (unpaired) electrons. The van der Waals surface area contributed by atoms with Crippen molar-refractivity contribution < 1.29 is 9.59 Å². The Morgan fingerprint density at radius 3 is 2.55 bits per heavy atom. The fourth-order valence-electron chi connectivity index (χ4n) is 3.63. The first-order valence-electron chi connectivity index (χ1n) is 10.8. The molecule has 0 fully saturated rings. The Hall–Kier alpha value is -4.07. The van der Waals surface area contributed by atoms with Crippen molar-refractivity contribution in [2.24, 2.45) is 7.05 Å². The number of aromatic nitrogens is 4. The molecule has 33 heavy (non-hydrogen) atoms. The van der Waals surface area contributed by atoms with Gasteiger partial charge in [-0.25, -0.2) is 15.0 Å². The second-order valence-corrected chi connectivity index (χ2v) is 7.87. The summed E-state index contributed by atoms with van der Waals surface area (Å²) in [6, 6.07) is 15.2. The van der Waals surface area contributed by atoms with Crippen molar-refractivity contribution in [2.75, 3.05) is 6.54 Å². The highest BCUT2D eigenvalue weighted by molar-refractivity contribution is 5.97. The van der Waals surface area contributed by atoms with Gasteiger partial charge in [-0.05, 0) is 37.6 Å². The summed E-state index contributed by atoms with van der Waals surface area (Å²) in [5.74, 6) is 1.03. The normalized spacial score (nSPS) is 10.9. The number of aryl methyl sites for hydroxylation is 3. The number of amides is 2. The van der Waals surface area contributed by atoms with E-state index in [0.29, 0.717) is 42.2 Å². The van der Waals surface area contributed by atoms with Crippen LogP contribution >= 0.6 is 0 Å². The van der Waals surface area contributed by atoms with Crippen molar-refractivity contribution in [3.05, 3.63) is 88.8 Å². The summed E-state index contributed by atoms with van der Waals surface area (Å²) in [6.07, 6.45) is 1.95. The summed E-state index contributed by atoms with van der Waals surface area (Å²) in [4.78, 5) is 38.5. The molecular formula is C25H26N6O2. The maximum absolute atomic E-state index is 12.7. The fourth-order valence-corrected chi connectivity index (χ4v) is 3.63. The number of carbonyl (C=O) groups excluding carboxylic acids is 2. The van der Waals surface area contributed by atoms with Crippen LogP contribution in [0, 0.1) is 13.8 Å². The SMILES string of the molecule is Cc1ncc(C(=O)NCc2ccccc2)c(CCNC(=O)c2ccc3c(c2)nc(C)n3C)n1. The number of nitrogens with one attached hydrogen (secondary N) is 2. The number of rotatable bonds is 7. The van der Waals surface area contributed by atoms with Crippen molar-refractivity contribution in [3.63, 3.8) is 0 Å². The fraction of sp³-hybridized carbons (Fsp3) is 0.240. The van der Waals surface area contributed by atoms with Crippen molar-refractivity contribution in [1.82, 2.24) is 30.2 Å². The van der Waals surface area contributed by atoms with Crippen LogP contribution in [0.1, 0.15) is 43.6 Å². The average molecular weight is 443 g/mol. The van der Waals surface area contributed by atoms with E-state index >= 15 is 0 Å². The van der Waals surface area contributed by atoms with Crippen LogP contribution in [0.25, 0.3) is 11.0 Å². The third-order valence-electron chi connectivity index (χ3n) is 5.54. The Kier molecular flexibility index (Phi) is 6.44. The van der Waals surface area contributed by atoms with Gasteiger partial charge in [0, 0.05) is 38.3 Å². The van der Waals surface area contributed by atoms with E-state index in [1.165, 1.54) is 6.20 Å². The van der Waals surface area contributed by atoms with Gasteiger partial charge >= 0.3 is 0 Å². The number of hydrogen-bond donors (Lipinski definition) is 2. The van der Waals surface area contributed by atoms with E-state index in [1.807, 2.05) is 54.9 Å². The zero-order valence-corrected chi connectivity index (χ0v) is 18.9. The molecule has 8 nitrogen and oxygen atoms in total. The Morgan fingerprint density at radius 1 is 0.970 bits per heavy atom. The van der Waals surface area contributed by atoms with Crippen LogP contribution < -0.4 is 10.6 Å². The number of carbonyl (C=O) groups is 2. The zero-order chi connectivity index (χ0) is 23.4. The maximum atomic E-state index is 12.7. The molecule has 0 bridgehead atoms. The van der Waals surface area contributed by atoms with E-state index in [4.69, 9.17) is 0 Å². The van der Waals surface area contributed by atoms with Crippen LogP contribution in [0.5, 0.6) is 0 Å². The molecule has 0 spiro atoms. The lowest BCUT2D eigenvalue weighted by Gasteiger charge is -2.11. The first-order chi connectivity index (χ1) is 15.9. The Labute approximate surface area is 192 Å². The molecule has 0 aliphatic heterocycles. The molecule has 0 saturated carbocycles. The van der Waals surface area contributed by atoms with Gasteiger partial charge in [0.1, 0.15) is 11.6 Å². The van der Waals surface area contributed by atoms with E-state index in [0.717, 1.165) is 22.4 Å². The van der Waals surface area contributed by atoms with Gasteiger partial charge in [0.15, 0.2) is 0 Å². The van der Waals surface area contributed by atoms with E-state index in [-0.39, 0.29) is 11.8 Å². The Balaban J connectivity index is 1.40. The summed E-state index contributed by atoms with van der Waals surface area (Å²) in [7, 11) is 1.95. The van der Waals surface area contributed by atoms with Crippen LogP contribution in [-0.4, -0.2) is 37.9 Å². The van der Waals surface area contributed by atoms with Gasteiger partial charge in [0.25, 0.3) is 11.8 Å². The molecule has 2 N–H and O–H groups in total. The number of benzene rings is 2. The monoisotopic (exact) mass is 442 g/mol. The molecule has 4 aromatic rings. The third kappa shape index (κ3) is 5.06. The number of fused-ring (bicyclic) bond motifs is 1. The molecule has 0 saturated heterocycles. The highest BCUT2D eigenvalue weighted by Gasteiger charge is 2.15. The van der Waals surface area contributed by atoms with Gasteiger partial charge in [0.2, 0.25) is 0 Å². The van der Waals surface area contributed by atoms with Crippen molar-refractivity contribution in [3.8, 4) is 0 Å². The van der Waals surface area contributed by atoms with Crippen LogP contribution in [0.4, 0.5) is 0 Å². The molecule has 2 amide bonds. The molecular weight excluding hydrogens is 416 g/mol. The molecule has 0 atom stereocenters. The molecule has 2 heterocycles. The maximum Gasteiger partial charge on any atom is 0.254 e. The number of imidazole rings is 1. The minimum atomic E-state index is -0.240. The summed E-state index contributed by atoms with van der Waals surface area (Å²) in [5.41, 5.74) is 4.33. The smallest absolute Gasteiger partial charge is 0.254 e. The van der Waals surface area contributed by atoms with Crippen molar-refractivity contribution >= 4 is 22.8 Å². The molecule has 0 aliphatic carbocycles. The third-order valence-corrected chi connectivity index (χ3v) is 5.54. The number of nitrogens with zero attached hydrogens (tertiary/aromatic N) is 4. The standard InChI is InChI=1S/C25H26N6O2/c1-16-27-15-20(25(33)28-14-18-7-5-4-6-8-18)21(29-16)11-12-26-24(32)19-9-10-23-22(13-19)30-17(2)31(23)3/h4-10,13,15H,11-12,14H2,1-3H3,(H,26,32)(H,28,33). The molecule has 0 unspecified atom stereocenters. The highest BCUT2D eigenvalue weighted by Crippen LogP contribution is 2.16. The molecule has 8 heteroatoms. The van der Waals surface area contributed by atoms with E-state index in [1.54, 1.807) is 19.1 Å². The summed E-state index contributed by atoms with van der Waals surface area (Å²) < 4.78 is 1.98. The Morgan fingerprint density at radius 2 is 1.76 bits per heavy atom. The Bertz CT molecular complexity index is 1310. The lowest BCUT2D eigenvalue weighted by atomic mass is 10.1. The second-order valence-electron chi connectivity index (χ2n) is 7.87. The lowest BCUT2D eigenvalue weighted by molar-refractivity contribution is 0.0946. The van der Waals surface area contributed by atoms with Crippen LogP contribution in [0.15, 0.2) is 54.7 Å². The predicted molar refractivity (Wildman–Crippen MR) is 126 cm³/mol. The first kappa shape index (κ1) is 22.1. The molecule has 168 valence electrons. The zero-order valence-electron chi connectivity index (χ0n) is 18.9. The quantitative estimate of drug-likeness (QED) is 0.458. The van der Waals surface area contributed by atoms with Crippen molar-refractivity contribution in [2.45, 2.75) is 26.8 Å². The van der Waals surface area contributed by atoms with Crippen LogP contribution in [0.3, 0.4) is 0 Å². The van der Waals surface area contributed by atoms with Gasteiger partial charge in [0.05, 0.1) is 22.3 Å². The van der Waals surface area contributed by atoms with E-state index < -0.39 is 0 Å². The number of hydrogen-bond acceptors (Lipinski definition) is 5. The first-order valence-corrected chi connectivity index (χ1v) is 10.8. The highest BCUT2D eigenvalue weighted by atomic mass is 16.2. The summed E-state index contributed by atoms with van der Waals surface area (Å²) >= 11 is 0. The minimum absolute atomic E-state index is 0.193. The van der Waals surface area contributed by atoms with E-state index in [9.17, 15) is 9.59 Å². The van der Waals surface area contributed by atoms with Gasteiger partial charge in [-0.15, -0.1) is 0 Å². The van der Waals surface area contributed by atoms with Gasteiger partial charge in [-0.3, -0.25) is 9.59 Å². The lowest BCUT2D eigenvalue weighted by Crippen LogP contribution is -2.28. The second kappa shape index (κ2) is 9.60. The molecule has 4 rings (SSSR count). The van der Waals surface area contributed by atoms with Crippen molar-refractivity contribution in [1.29, 1.82) is 0 Å². The van der Waals surface area contributed by atoms with Crippen LogP contribution in [-0.2, 0) is 20.0 Å². The largest absolute Gasteiger partial charge is 0.352 e. The molecule has 2 aromatic heterocycles. The van der Waals surface area contributed by atoms with Gasteiger partial charge in [-0.1, -0.05) is 30.3 Å². The van der Waals surface area contributed by atoms with Gasteiger partial charge in [-0.2, -0.15) is 0 Å². The summed E-state index contributed by atoms with van der Waals surface area (Å²) in [6.45, 7) is 4.46.